The Bertz CT molecular complexity index is 1070. The van der Waals surface area contributed by atoms with Crippen molar-refractivity contribution in [2.24, 2.45) is 5.10 Å². The molecule has 0 unspecified atom stereocenters. The first-order valence-corrected chi connectivity index (χ1v) is 9.80. The molecule has 1 amide bonds. The maximum Gasteiger partial charge on any atom is 0.271 e. The highest BCUT2D eigenvalue weighted by atomic mass is 32.2. The normalized spacial score (nSPS) is 11.3. The summed E-state index contributed by atoms with van der Waals surface area (Å²) in [6.45, 7) is 0. The molecule has 0 aliphatic rings. The minimum Gasteiger partial charge on any atom is -0.269 e. The first kappa shape index (κ1) is 19.2. The number of hydrogen-bond donors (Lipinski definition) is 1. The van der Waals surface area contributed by atoms with Gasteiger partial charge >= 0.3 is 0 Å². The first-order valence-electron chi connectivity index (χ1n) is 8.36. The molecule has 1 N–H and O–H groups in total. The van der Waals surface area contributed by atoms with Crippen molar-refractivity contribution in [3.8, 4) is 0 Å². The Morgan fingerprint density at radius 1 is 1.00 bits per heavy atom. The van der Waals surface area contributed by atoms with Crippen LogP contribution in [0, 0.1) is 0 Å². The van der Waals surface area contributed by atoms with Gasteiger partial charge in [-0.05, 0) is 54.1 Å². The zero-order valence-corrected chi connectivity index (χ0v) is 15.9. The van der Waals surface area contributed by atoms with E-state index in [0.29, 0.717) is 11.3 Å². The number of nitrogens with one attached hydrogen (secondary N) is 1. The molecule has 0 radical (unpaired) electrons. The number of rotatable bonds is 6. The van der Waals surface area contributed by atoms with Crippen molar-refractivity contribution in [1.82, 2.24) is 10.4 Å². The van der Waals surface area contributed by atoms with Crippen LogP contribution in [-0.4, -0.2) is 32.6 Å². The Morgan fingerprint density at radius 2 is 1.64 bits per heavy atom. The van der Waals surface area contributed by atoms with E-state index in [2.05, 4.69) is 15.5 Å². The van der Waals surface area contributed by atoms with Gasteiger partial charge in [-0.2, -0.15) is 5.10 Å². The summed E-state index contributed by atoms with van der Waals surface area (Å²) >= 11 is 0. The van der Waals surface area contributed by atoms with Crippen molar-refractivity contribution >= 4 is 27.8 Å². The van der Waals surface area contributed by atoms with Gasteiger partial charge in [0.25, 0.3) is 15.9 Å². The Hall–Kier alpha value is -3.52. The van der Waals surface area contributed by atoms with Gasteiger partial charge in [-0.25, -0.2) is 13.8 Å². The lowest BCUT2D eigenvalue weighted by atomic mass is 10.2. The van der Waals surface area contributed by atoms with Gasteiger partial charge in [0.2, 0.25) is 0 Å². The molecular weight excluding hydrogens is 376 g/mol. The molecule has 7 nitrogen and oxygen atoms in total. The van der Waals surface area contributed by atoms with E-state index >= 15 is 0 Å². The van der Waals surface area contributed by atoms with E-state index in [1.807, 2.05) is 0 Å². The van der Waals surface area contributed by atoms with E-state index in [0.717, 1.165) is 5.56 Å². The fourth-order valence-corrected chi connectivity index (χ4v) is 3.61. The van der Waals surface area contributed by atoms with Gasteiger partial charge in [0.15, 0.2) is 0 Å². The van der Waals surface area contributed by atoms with E-state index < -0.39 is 15.9 Å². The number of hydrogen-bond acceptors (Lipinski definition) is 5. The second kappa shape index (κ2) is 8.45. The number of carbonyl (C=O) groups excluding carboxylic acids is 1. The van der Waals surface area contributed by atoms with Gasteiger partial charge in [0.1, 0.15) is 0 Å². The van der Waals surface area contributed by atoms with Crippen LogP contribution in [0.5, 0.6) is 0 Å². The Labute approximate surface area is 163 Å². The maximum absolute atomic E-state index is 12.7. The minimum atomic E-state index is -3.67. The van der Waals surface area contributed by atoms with Gasteiger partial charge in [0.05, 0.1) is 16.8 Å². The van der Waals surface area contributed by atoms with E-state index in [-0.39, 0.29) is 4.90 Å². The molecule has 3 rings (SSSR count). The smallest absolute Gasteiger partial charge is 0.269 e. The molecule has 28 heavy (non-hydrogen) atoms. The summed E-state index contributed by atoms with van der Waals surface area (Å²) in [5.41, 5.74) is 4.04. The van der Waals surface area contributed by atoms with Gasteiger partial charge in [-0.3, -0.25) is 14.1 Å². The van der Waals surface area contributed by atoms with Crippen LogP contribution in [0.2, 0.25) is 0 Å². The highest BCUT2D eigenvalue weighted by Gasteiger charge is 2.21. The fourth-order valence-electron chi connectivity index (χ4n) is 2.39. The lowest BCUT2D eigenvalue weighted by molar-refractivity contribution is 0.0955. The number of pyridine rings is 1. The minimum absolute atomic E-state index is 0.199. The second-order valence-electron chi connectivity index (χ2n) is 5.81. The Morgan fingerprint density at radius 3 is 2.29 bits per heavy atom. The zero-order valence-electron chi connectivity index (χ0n) is 15.1. The van der Waals surface area contributed by atoms with Crippen LogP contribution in [0.3, 0.4) is 0 Å². The number of anilines is 1. The lowest BCUT2D eigenvalue weighted by Crippen LogP contribution is -2.26. The van der Waals surface area contributed by atoms with Gasteiger partial charge < -0.3 is 0 Å². The largest absolute Gasteiger partial charge is 0.271 e. The van der Waals surface area contributed by atoms with Crippen molar-refractivity contribution in [2.45, 2.75) is 4.90 Å². The van der Waals surface area contributed by atoms with E-state index in [4.69, 9.17) is 0 Å². The van der Waals surface area contributed by atoms with Gasteiger partial charge in [-0.1, -0.05) is 18.2 Å². The van der Waals surface area contributed by atoms with Crippen molar-refractivity contribution in [3.63, 3.8) is 0 Å². The van der Waals surface area contributed by atoms with Crippen LogP contribution < -0.4 is 9.73 Å². The number of benzene rings is 2. The lowest BCUT2D eigenvalue weighted by Gasteiger charge is -2.19. The maximum atomic E-state index is 12.7. The summed E-state index contributed by atoms with van der Waals surface area (Å²) in [7, 11) is -2.20. The SMILES string of the molecule is CN(c1ccc(C(=O)N/N=C\c2ccncc2)cc1)S(=O)(=O)c1ccccc1. The molecule has 8 heteroatoms. The van der Waals surface area contributed by atoms with Crippen LogP contribution in [0.4, 0.5) is 5.69 Å². The van der Waals surface area contributed by atoms with Gasteiger partial charge in [-0.15, -0.1) is 0 Å². The number of carbonyl (C=O) groups is 1. The highest BCUT2D eigenvalue weighted by molar-refractivity contribution is 7.92. The third-order valence-corrected chi connectivity index (χ3v) is 5.78. The molecule has 142 valence electrons. The number of amides is 1. The summed E-state index contributed by atoms with van der Waals surface area (Å²) in [6.07, 6.45) is 4.76. The number of hydrazone groups is 1. The zero-order chi connectivity index (χ0) is 20.0. The summed E-state index contributed by atoms with van der Waals surface area (Å²) in [6, 6.07) is 17.9. The average molecular weight is 394 g/mol. The van der Waals surface area contributed by atoms with Crippen molar-refractivity contribution in [3.05, 3.63) is 90.3 Å². The van der Waals surface area contributed by atoms with E-state index in [9.17, 15) is 13.2 Å². The molecule has 1 aromatic heterocycles. The van der Waals surface area contributed by atoms with Crippen molar-refractivity contribution < 1.29 is 13.2 Å². The van der Waals surface area contributed by atoms with E-state index in [1.165, 1.54) is 29.7 Å². The fraction of sp³-hybridized carbons (Fsp3) is 0.0500. The van der Waals surface area contributed by atoms with Crippen LogP contribution in [0.25, 0.3) is 0 Å². The summed E-state index contributed by atoms with van der Waals surface area (Å²) < 4.78 is 26.5. The quantitative estimate of drug-likeness (QED) is 0.514. The monoisotopic (exact) mass is 394 g/mol. The predicted molar refractivity (Wildman–Crippen MR) is 108 cm³/mol. The summed E-state index contributed by atoms with van der Waals surface area (Å²) in [4.78, 5) is 16.3. The molecular formula is C20H18N4O3S. The molecule has 0 aliphatic heterocycles. The van der Waals surface area contributed by atoms with Gasteiger partial charge in [0, 0.05) is 25.0 Å². The summed E-state index contributed by atoms with van der Waals surface area (Å²) in [5, 5.41) is 3.90. The van der Waals surface area contributed by atoms with Crippen LogP contribution in [0.15, 0.2) is 89.1 Å². The molecule has 0 saturated carbocycles. The molecule has 0 saturated heterocycles. The average Bonchev–Trinajstić information content (AvgIpc) is 2.74. The molecule has 0 bridgehead atoms. The second-order valence-corrected chi connectivity index (χ2v) is 7.78. The molecule has 0 fully saturated rings. The van der Waals surface area contributed by atoms with Crippen molar-refractivity contribution in [2.75, 3.05) is 11.4 Å². The first-order chi connectivity index (χ1) is 13.5. The predicted octanol–water partition coefficient (Wildman–Crippen LogP) is 2.67. The van der Waals surface area contributed by atoms with Crippen LogP contribution in [-0.2, 0) is 10.0 Å². The Balaban J connectivity index is 1.69. The topological polar surface area (TPSA) is 91.7 Å². The number of sulfonamides is 1. The van der Waals surface area contributed by atoms with Crippen molar-refractivity contribution in [1.29, 1.82) is 0 Å². The van der Waals surface area contributed by atoms with E-state index in [1.54, 1.807) is 67.0 Å². The molecule has 2 aromatic carbocycles. The molecule has 0 spiro atoms. The number of aromatic nitrogens is 1. The Kier molecular flexibility index (Phi) is 5.81. The highest BCUT2D eigenvalue weighted by Crippen LogP contribution is 2.22. The standard InChI is InChI=1S/C20H18N4O3S/c1-24(28(26,27)19-5-3-2-4-6-19)18-9-7-17(8-10-18)20(25)23-22-15-16-11-13-21-14-12-16/h2-15H,1H3,(H,23,25)/b22-15-. The van der Waals surface area contributed by atoms with Crippen LogP contribution in [0.1, 0.15) is 15.9 Å². The molecule has 0 aliphatic carbocycles. The molecule has 1 heterocycles. The number of nitrogens with zero attached hydrogens (tertiary/aromatic N) is 3. The third-order valence-electron chi connectivity index (χ3n) is 3.98. The molecule has 0 atom stereocenters. The third kappa shape index (κ3) is 4.41. The van der Waals surface area contributed by atoms with Crippen LogP contribution >= 0.6 is 0 Å². The summed E-state index contributed by atoms with van der Waals surface area (Å²) in [5.74, 6) is -0.398. The molecule has 3 aromatic rings.